The third kappa shape index (κ3) is 35.4. The van der Waals surface area contributed by atoms with Crippen molar-refractivity contribution in [1.82, 2.24) is 0 Å². The molecule has 0 aromatic heterocycles. The number of hydrogen-bond acceptors (Lipinski definition) is 26. The van der Waals surface area contributed by atoms with Crippen molar-refractivity contribution in [1.29, 1.82) is 0 Å². The van der Waals surface area contributed by atoms with Gasteiger partial charge in [-0.1, -0.05) is 6.04 Å². The standard InChI is InChI=1S/C36H60NO26.16Ac/c1-9-17(43)21(47)24(50)33(54-9)60-28-15(8-41)58-32(62-30-20(46)13(6-39)56-35(26(30)52)59-27-11(42)3-4-53-14(27)7-40)16(37)29(28)61-36-31(23(49)19(45)12(5-38)57-36)63-34-25(51)22(48)18(44)10(2)55-34;;;;;;;;;;;;;;;;/h3-4,9-52H,5-8H2,1-2H3;;;;;;;;;;;;;;;;/q-1;;;;;;;;;;;;;;;;/t9-,10?,11+,12?,13?,14?,15?,16?,17+,18-,19-,20-,21?,22+,23-,24?,25?,26?,27+,28-,29+,30-,31?,32-,33+,34-,35-,36-;;;;;;;;;;;;;;;;/m0................/s1. The summed E-state index contributed by atoms with van der Waals surface area (Å²) in [7, 11) is 0. The van der Waals surface area contributed by atoms with Crippen LogP contribution in [-0.4, -0.2) is 275 Å². The molecule has 0 aliphatic carbocycles. The molecule has 0 saturated carbocycles. The zero-order chi connectivity index (χ0) is 46.2. The third-order valence-corrected chi connectivity index (χ3v) is 12.0. The monoisotopic (exact) mass is 4550 g/mol. The first-order valence-corrected chi connectivity index (χ1v) is 20.4. The Labute approximate surface area is 1030 Å². The van der Waals surface area contributed by atoms with Gasteiger partial charge in [-0.05, 0) is 19.9 Å². The van der Waals surface area contributed by atoms with Crippen molar-refractivity contribution in [2.75, 3.05) is 26.4 Å². The molecule has 43 heteroatoms. The Morgan fingerprint density at radius 1 is 0.329 bits per heavy atom. The molecule has 6 heterocycles. The van der Waals surface area contributed by atoms with E-state index >= 15 is 0 Å². The van der Waals surface area contributed by atoms with Crippen LogP contribution in [0, 0.1) is 705 Å². The van der Waals surface area contributed by atoms with Gasteiger partial charge in [0.05, 0.1) is 51.0 Å². The molecule has 0 amide bonds. The van der Waals surface area contributed by atoms with Crippen molar-refractivity contribution in [2.45, 2.75) is 186 Å². The molecular formula is C36H60Ac16NO26-. The molecule has 6 aliphatic rings. The number of hydrogen-bond donors (Lipinski definition) is 15. The fraction of sp³-hybridized carbons (Fsp3) is 0.944. The van der Waals surface area contributed by atoms with Crippen LogP contribution in [0.4, 0.5) is 0 Å². The van der Waals surface area contributed by atoms with E-state index in [0.29, 0.717) is 0 Å². The van der Waals surface area contributed by atoms with Crippen LogP contribution in [0.5, 0.6) is 0 Å². The fourth-order valence-corrected chi connectivity index (χ4v) is 8.11. The Hall–Kier alpha value is 21.6. The largest absolute Gasteiger partial charge is 0.668 e. The first kappa shape index (κ1) is 124. The maximum absolute atomic E-state index is 11.5. The van der Waals surface area contributed by atoms with Gasteiger partial charge >= 0.3 is 0 Å². The van der Waals surface area contributed by atoms with Crippen molar-refractivity contribution in [2.24, 2.45) is 0 Å². The van der Waals surface area contributed by atoms with Gasteiger partial charge in [-0.2, -0.15) is 0 Å². The molecule has 414 valence electrons. The van der Waals surface area contributed by atoms with Gasteiger partial charge in [0, 0.05) is 705 Å². The molecule has 0 spiro atoms. The quantitative estimate of drug-likeness (QED) is 0.0768. The second kappa shape index (κ2) is 64.4. The van der Waals surface area contributed by atoms with Crippen LogP contribution in [0.15, 0.2) is 12.3 Å². The van der Waals surface area contributed by atoms with Crippen LogP contribution in [0.25, 0.3) is 5.73 Å². The van der Waals surface area contributed by atoms with Crippen molar-refractivity contribution in [3.8, 4) is 0 Å². The van der Waals surface area contributed by atoms with Gasteiger partial charge in [-0.15, -0.1) is 0 Å². The van der Waals surface area contributed by atoms with Crippen molar-refractivity contribution in [3.63, 3.8) is 0 Å². The predicted octanol–water partition coefficient (Wildman–Crippen LogP) is -9.15. The Balaban J connectivity index is -0.000000321. The molecule has 5 fully saturated rings. The SMILES string of the molecule is CC1O[C@@H](OC2[C@H](O[C@@H]3C([NH-])[C@H](O[C@@H]4C(O)[C@H](O[C@H]5C(CO)OC=C[C@H]5O)OC(CO)[C@@H]4O)OC(CO)[C@@H]3O[C@H]3O[C@@H](C)[C@@H](O)C(O)C3O)OC(CO)[C@H](O)[C@@H]2O)C(O)[C@H](O)[C@H]1O.[Ac].[Ac].[Ac].[Ac].[Ac].[Ac].[Ac].[Ac].[Ac].[Ac].[Ac].[Ac].[Ac].[Ac].[Ac].[Ac]. The van der Waals surface area contributed by atoms with Crippen LogP contribution in [0.2, 0.25) is 0 Å². The van der Waals surface area contributed by atoms with Crippen LogP contribution in [0.3, 0.4) is 0 Å². The maximum Gasteiger partial charge on any atom is 0.187 e. The number of aliphatic hydroxyl groups excluding tert-OH is 15. The number of aliphatic hydroxyl groups is 15. The first-order chi connectivity index (χ1) is 29.9. The van der Waals surface area contributed by atoms with Gasteiger partial charge in [0.1, 0.15) is 122 Å². The van der Waals surface area contributed by atoms with Crippen LogP contribution < -0.4 is 0 Å². The predicted molar refractivity (Wildman–Crippen MR) is 196 cm³/mol. The van der Waals surface area contributed by atoms with Crippen LogP contribution in [-0.2, 0) is 52.1 Å². The summed E-state index contributed by atoms with van der Waals surface area (Å²) in [6.45, 7) is -0.828. The zero-order valence-corrected chi connectivity index (χ0v) is 119. The molecule has 16 radical (unpaired) electrons. The summed E-state index contributed by atoms with van der Waals surface area (Å²) < 4.78 is 63.5. The zero-order valence-electron chi connectivity index (χ0n) is 43.1. The van der Waals surface area contributed by atoms with E-state index in [9.17, 15) is 82.3 Å². The minimum absolute atomic E-state index is 0. The summed E-state index contributed by atoms with van der Waals surface area (Å²) in [5.41, 5.74) is 9.40. The molecule has 79 heavy (non-hydrogen) atoms. The second-order valence-corrected chi connectivity index (χ2v) is 16.2. The second-order valence-electron chi connectivity index (χ2n) is 16.2. The maximum atomic E-state index is 11.5. The van der Waals surface area contributed by atoms with Crippen molar-refractivity contribution >= 4 is 0 Å². The van der Waals surface area contributed by atoms with E-state index in [1.54, 1.807) is 0 Å². The van der Waals surface area contributed by atoms with Gasteiger partial charge in [0.2, 0.25) is 0 Å². The molecule has 28 atom stereocenters. The molecular weight excluding hydrogens is 4490 g/mol. The minimum Gasteiger partial charge on any atom is -0.668 e. The molecule has 16 N–H and O–H groups in total. The number of rotatable bonds is 14. The van der Waals surface area contributed by atoms with Gasteiger partial charge in [-0.3, -0.25) is 0 Å². The Kier molecular flexibility index (Phi) is 101. The minimum atomic E-state index is -2.05. The Bertz CT molecular complexity index is 1520. The third-order valence-electron chi connectivity index (χ3n) is 12.0. The molecule has 6 aliphatic heterocycles. The number of nitrogens with one attached hydrogen (secondary N) is 1. The van der Waals surface area contributed by atoms with Crippen LogP contribution in [0.1, 0.15) is 13.8 Å². The molecule has 27 nitrogen and oxygen atoms in total. The van der Waals surface area contributed by atoms with Crippen molar-refractivity contribution in [3.05, 3.63) is 18.1 Å². The van der Waals surface area contributed by atoms with Gasteiger partial charge in [-0.25, -0.2) is 0 Å². The molecule has 0 aromatic carbocycles. The average molecular weight is 4550 g/mol. The molecule has 0 bridgehead atoms. The van der Waals surface area contributed by atoms with Gasteiger partial charge in [0.15, 0.2) is 25.2 Å². The topological polar surface area (TPSA) is 429 Å². The smallest absolute Gasteiger partial charge is 0.187 e. The first-order valence-electron chi connectivity index (χ1n) is 20.4. The van der Waals surface area contributed by atoms with Gasteiger partial charge < -0.3 is 134 Å². The molecule has 11 unspecified atom stereocenters. The van der Waals surface area contributed by atoms with E-state index in [4.69, 9.17) is 52.1 Å². The molecule has 0 aromatic rings. The van der Waals surface area contributed by atoms with Crippen molar-refractivity contribution < 1.29 is 834 Å². The summed E-state index contributed by atoms with van der Waals surface area (Å²) in [6, 6.07) is -1.99. The molecule has 5 saturated heterocycles. The van der Waals surface area contributed by atoms with E-state index in [0.717, 1.165) is 6.26 Å². The number of ether oxygens (including phenoxy) is 11. The van der Waals surface area contributed by atoms with E-state index < -0.39 is 198 Å². The summed E-state index contributed by atoms with van der Waals surface area (Å²) in [4.78, 5) is 0. The van der Waals surface area contributed by atoms with E-state index in [2.05, 4.69) is 0 Å². The average Bonchev–Trinajstić information content (AvgIpc) is 3.27. The summed E-state index contributed by atoms with van der Waals surface area (Å²) in [5, 5.41) is 159. The van der Waals surface area contributed by atoms with E-state index in [-0.39, 0.29) is 705 Å². The summed E-state index contributed by atoms with van der Waals surface area (Å²) in [5.74, 6) is 0. The van der Waals surface area contributed by atoms with Crippen LogP contribution >= 0.6 is 0 Å². The van der Waals surface area contributed by atoms with Gasteiger partial charge in [0.25, 0.3) is 0 Å². The fourth-order valence-electron chi connectivity index (χ4n) is 8.11. The molecule has 6 rings (SSSR count). The summed E-state index contributed by atoms with van der Waals surface area (Å²) >= 11 is 0. The Morgan fingerprint density at radius 3 is 1.13 bits per heavy atom. The van der Waals surface area contributed by atoms with E-state index in [1.165, 1.54) is 19.9 Å². The van der Waals surface area contributed by atoms with E-state index in [1.807, 2.05) is 0 Å². The Morgan fingerprint density at radius 2 is 0.684 bits per heavy atom. The normalized spacial score (nSPS) is 42.5. The summed E-state index contributed by atoms with van der Waals surface area (Å²) in [6.07, 6.45) is -44.4.